The highest BCUT2D eigenvalue weighted by molar-refractivity contribution is 6.20. The molecule has 3 heteroatoms. The van der Waals surface area contributed by atoms with Crippen LogP contribution in [0.25, 0.3) is 43.7 Å². The average molecular weight is 258 g/mol. The molecule has 2 aromatic heterocycles. The number of rotatable bonds is 0. The summed E-state index contributed by atoms with van der Waals surface area (Å²) < 4.78 is 5.38. The molecule has 0 fully saturated rings. The minimum Gasteiger partial charge on any atom is -0.443 e. The maximum absolute atomic E-state index is 5.38. The van der Waals surface area contributed by atoms with Gasteiger partial charge in [0.1, 0.15) is 5.52 Å². The summed E-state index contributed by atoms with van der Waals surface area (Å²) >= 11 is 0. The van der Waals surface area contributed by atoms with Crippen molar-refractivity contribution in [1.29, 1.82) is 0 Å². The van der Waals surface area contributed by atoms with E-state index in [0.717, 1.165) is 27.5 Å². The van der Waals surface area contributed by atoms with Crippen molar-refractivity contribution >= 4 is 43.7 Å². The molecule has 0 saturated carbocycles. The van der Waals surface area contributed by atoms with Gasteiger partial charge >= 0.3 is 0 Å². The number of nitrogens with zero attached hydrogens (tertiary/aromatic N) is 1. The van der Waals surface area contributed by atoms with Crippen LogP contribution in [0.2, 0.25) is 0 Å². The van der Waals surface area contributed by atoms with Crippen LogP contribution in [0.5, 0.6) is 0 Å². The number of para-hydroxylation sites is 1. The van der Waals surface area contributed by atoms with Gasteiger partial charge in [0, 0.05) is 27.1 Å². The van der Waals surface area contributed by atoms with Gasteiger partial charge in [-0.15, -0.1) is 0 Å². The smallest absolute Gasteiger partial charge is 0.182 e. The lowest BCUT2D eigenvalue weighted by Gasteiger charge is -2.00. The van der Waals surface area contributed by atoms with Gasteiger partial charge in [-0.25, -0.2) is 4.98 Å². The molecular formula is C17H10N2O. The van der Waals surface area contributed by atoms with Crippen LogP contribution in [0.15, 0.2) is 59.3 Å². The molecule has 3 nitrogen and oxygen atoms in total. The lowest BCUT2D eigenvalue weighted by atomic mass is 10.0. The number of hydrogen-bond donors (Lipinski definition) is 1. The van der Waals surface area contributed by atoms with Crippen LogP contribution in [0.4, 0.5) is 0 Å². The average Bonchev–Trinajstić information content (AvgIpc) is 3.11. The van der Waals surface area contributed by atoms with Gasteiger partial charge in [-0.3, -0.25) is 0 Å². The lowest BCUT2D eigenvalue weighted by Crippen LogP contribution is -1.78. The topological polar surface area (TPSA) is 41.8 Å². The predicted octanol–water partition coefficient (Wildman–Crippen LogP) is 4.62. The fourth-order valence-electron chi connectivity index (χ4n) is 3.05. The number of oxazole rings is 1. The Hall–Kier alpha value is -2.81. The molecule has 5 rings (SSSR count). The van der Waals surface area contributed by atoms with Crippen LogP contribution in [0, 0.1) is 0 Å². The van der Waals surface area contributed by atoms with Crippen LogP contribution in [0.1, 0.15) is 0 Å². The number of aromatic amines is 1. The summed E-state index contributed by atoms with van der Waals surface area (Å²) in [5.41, 5.74) is 4.07. The van der Waals surface area contributed by atoms with E-state index in [1.807, 2.05) is 6.07 Å². The van der Waals surface area contributed by atoms with Crippen molar-refractivity contribution in [2.75, 3.05) is 0 Å². The second-order valence-electron chi connectivity index (χ2n) is 5.02. The van der Waals surface area contributed by atoms with E-state index in [9.17, 15) is 0 Å². The molecule has 2 heterocycles. The van der Waals surface area contributed by atoms with Crippen molar-refractivity contribution in [3.63, 3.8) is 0 Å². The Morgan fingerprint density at radius 3 is 2.60 bits per heavy atom. The SMILES string of the molecule is c1ccc2c(c1)[nH]c1c2ccc2c1ccc1ocnc12. The number of aromatic nitrogens is 2. The van der Waals surface area contributed by atoms with Gasteiger partial charge in [-0.1, -0.05) is 30.3 Å². The predicted molar refractivity (Wildman–Crippen MR) is 80.9 cm³/mol. The van der Waals surface area contributed by atoms with Crippen LogP contribution in [0.3, 0.4) is 0 Å². The maximum Gasteiger partial charge on any atom is 0.182 e. The summed E-state index contributed by atoms with van der Waals surface area (Å²) in [6, 6.07) is 16.7. The molecule has 5 aromatic rings. The van der Waals surface area contributed by atoms with Gasteiger partial charge in [-0.05, 0) is 18.2 Å². The third kappa shape index (κ3) is 1.12. The van der Waals surface area contributed by atoms with Gasteiger partial charge in [0.2, 0.25) is 0 Å². The molecule has 1 N–H and O–H groups in total. The van der Waals surface area contributed by atoms with Crippen molar-refractivity contribution in [2.24, 2.45) is 0 Å². The van der Waals surface area contributed by atoms with E-state index >= 15 is 0 Å². The second-order valence-corrected chi connectivity index (χ2v) is 5.02. The van der Waals surface area contributed by atoms with Gasteiger partial charge < -0.3 is 9.40 Å². The molecule has 0 bridgehead atoms. The number of fused-ring (bicyclic) bond motifs is 7. The highest BCUT2D eigenvalue weighted by atomic mass is 16.3. The molecule has 0 unspecified atom stereocenters. The van der Waals surface area contributed by atoms with E-state index in [4.69, 9.17) is 4.42 Å². The molecule has 0 spiro atoms. The van der Waals surface area contributed by atoms with E-state index in [1.54, 1.807) is 0 Å². The van der Waals surface area contributed by atoms with Crippen LogP contribution in [-0.4, -0.2) is 9.97 Å². The molecule has 0 atom stereocenters. The van der Waals surface area contributed by atoms with Crippen molar-refractivity contribution in [1.82, 2.24) is 9.97 Å². The van der Waals surface area contributed by atoms with Crippen LogP contribution < -0.4 is 0 Å². The Morgan fingerprint density at radius 2 is 1.60 bits per heavy atom. The Labute approximate surface area is 113 Å². The Bertz CT molecular complexity index is 1100. The first-order chi connectivity index (χ1) is 9.92. The molecule has 0 aliphatic heterocycles. The minimum absolute atomic E-state index is 0.827. The molecular weight excluding hydrogens is 248 g/mol. The number of benzene rings is 3. The quantitative estimate of drug-likeness (QED) is 0.440. The van der Waals surface area contributed by atoms with Gasteiger partial charge in [0.25, 0.3) is 0 Å². The third-order valence-electron chi connectivity index (χ3n) is 3.97. The second kappa shape index (κ2) is 3.39. The zero-order valence-electron chi connectivity index (χ0n) is 10.6. The first-order valence-electron chi connectivity index (χ1n) is 6.57. The van der Waals surface area contributed by atoms with E-state index < -0.39 is 0 Å². The van der Waals surface area contributed by atoms with E-state index in [-0.39, 0.29) is 0 Å². The molecule has 3 aromatic carbocycles. The third-order valence-corrected chi connectivity index (χ3v) is 3.97. The minimum atomic E-state index is 0.827. The van der Waals surface area contributed by atoms with Gasteiger partial charge in [0.05, 0.1) is 5.52 Å². The highest BCUT2D eigenvalue weighted by Crippen LogP contribution is 2.33. The summed E-state index contributed by atoms with van der Waals surface area (Å²) in [5.74, 6) is 0. The Morgan fingerprint density at radius 1 is 0.800 bits per heavy atom. The number of H-pyrrole nitrogens is 1. The number of hydrogen-bond acceptors (Lipinski definition) is 2. The van der Waals surface area contributed by atoms with E-state index in [1.165, 1.54) is 22.6 Å². The van der Waals surface area contributed by atoms with E-state index in [0.29, 0.717) is 0 Å². The summed E-state index contributed by atoms with van der Waals surface area (Å²) in [5, 5.41) is 4.80. The largest absolute Gasteiger partial charge is 0.443 e. The molecule has 20 heavy (non-hydrogen) atoms. The van der Waals surface area contributed by atoms with Crippen molar-refractivity contribution in [3.05, 3.63) is 54.9 Å². The van der Waals surface area contributed by atoms with Crippen molar-refractivity contribution in [2.45, 2.75) is 0 Å². The normalized spacial score (nSPS) is 12.0. The highest BCUT2D eigenvalue weighted by Gasteiger charge is 2.10. The molecule has 0 aliphatic carbocycles. The Balaban J connectivity index is 2.10. The first-order valence-corrected chi connectivity index (χ1v) is 6.57. The first kappa shape index (κ1) is 10.0. The summed E-state index contributed by atoms with van der Waals surface area (Å²) in [7, 11) is 0. The van der Waals surface area contributed by atoms with Crippen LogP contribution in [-0.2, 0) is 0 Å². The van der Waals surface area contributed by atoms with E-state index in [2.05, 4.69) is 52.4 Å². The fourth-order valence-corrected chi connectivity index (χ4v) is 3.05. The lowest BCUT2D eigenvalue weighted by molar-refractivity contribution is 0.602. The molecule has 0 amide bonds. The maximum atomic E-state index is 5.38. The van der Waals surface area contributed by atoms with Gasteiger partial charge in [-0.2, -0.15) is 0 Å². The fraction of sp³-hybridized carbons (Fsp3) is 0. The van der Waals surface area contributed by atoms with Crippen molar-refractivity contribution < 1.29 is 4.42 Å². The number of nitrogens with one attached hydrogen (secondary N) is 1. The standard InChI is InChI=1S/C17H10N2O/c1-2-4-14-10(3-1)11-5-6-13-12(16(11)19-14)7-8-15-17(13)18-9-20-15/h1-9,19H. The zero-order valence-corrected chi connectivity index (χ0v) is 10.6. The Kier molecular flexibility index (Phi) is 1.70. The van der Waals surface area contributed by atoms with Gasteiger partial charge in [0.15, 0.2) is 12.0 Å². The molecule has 0 aliphatic rings. The zero-order chi connectivity index (χ0) is 13.1. The summed E-state index contributed by atoms with van der Waals surface area (Å²) in [4.78, 5) is 7.85. The molecule has 0 radical (unpaired) electrons. The summed E-state index contributed by atoms with van der Waals surface area (Å²) in [6.07, 6.45) is 1.50. The van der Waals surface area contributed by atoms with Crippen LogP contribution >= 0.6 is 0 Å². The molecule has 0 saturated heterocycles. The summed E-state index contributed by atoms with van der Waals surface area (Å²) in [6.45, 7) is 0. The monoisotopic (exact) mass is 258 g/mol. The molecule has 94 valence electrons. The van der Waals surface area contributed by atoms with Crippen molar-refractivity contribution in [3.8, 4) is 0 Å².